The van der Waals surface area contributed by atoms with Crippen molar-refractivity contribution in [3.63, 3.8) is 0 Å². The lowest BCUT2D eigenvalue weighted by atomic mass is 10.1. The fourth-order valence-corrected chi connectivity index (χ4v) is 3.06. The third kappa shape index (κ3) is 2.74. The third-order valence-electron chi connectivity index (χ3n) is 2.76. The Bertz CT molecular complexity index is 605. The monoisotopic (exact) mass is 295 g/mol. The quantitative estimate of drug-likeness (QED) is 0.866. The Kier molecular flexibility index (Phi) is 4.12. The van der Waals surface area contributed by atoms with E-state index in [0.29, 0.717) is 22.2 Å². The molecule has 0 aliphatic heterocycles. The van der Waals surface area contributed by atoms with Gasteiger partial charge in [-0.3, -0.25) is 0 Å². The van der Waals surface area contributed by atoms with Crippen molar-refractivity contribution in [3.05, 3.63) is 40.4 Å². The van der Waals surface area contributed by atoms with Crippen molar-refractivity contribution in [1.29, 1.82) is 0 Å². The Morgan fingerprint density at radius 1 is 1.37 bits per heavy atom. The number of hydrogen-bond donors (Lipinski definition) is 1. The zero-order valence-electron chi connectivity index (χ0n) is 10.7. The molecule has 3 nitrogen and oxygen atoms in total. The van der Waals surface area contributed by atoms with Crippen molar-refractivity contribution in [3.8, 4) is 10.4 Å². The maximum Gasteiger partial charge on any atom is 0.341 e. The predicted octanol–water partition coefficient (Wildman–Crippen LogP) is 4.14. The smallest absolute Gasteiger partial charge is 0.341 e. The molecule has 0 unspecified atom stereocenters. The van der Waals surface area contributed by atoms with Gasteiger partial charge in [0.1, 0.15) is 5.00 Å². The second-order valence-electron chi connectivity index (χ2n) is 4.02. The summed E-state index contributed by atoms with van der Waals surface area (Å²) in [5.41, 5.74) is 8.25. The molecule has 0 saturated heterocycles. The first-order valence-electron chi connectivity index (χ1n) is 5.86. The second kappa shape index (κ2) is 5.63. The number of nitrogen functional groups attached to an aromatic ring is 1. The van der Waals surface area contributed by atoms with E-state index in [0.717, 1.165) is 16.0 Å². The number of ether oxygens (including phenoxy) is 1. The molecule has 0 atom stereocenters. The Morgan fingerprint density at radius 3 is 2.58 bits per heavy atom. The molecule has 2 aromatic rings. The summed E-state index contributed by atoms with van der Waals surface area (Å²) in [5.74, 6) is -0.367. The topological polar surface area (TPSA) is 52.3 Å². The molecule has 19 heavy (non-hydrogen) atoms. The van der Waals surface area contributed by atoms with Crippen molar-refractivity contribution in [2.24, 2.45) is 0 Å². The third-order valence-corrected chi connectivity index (χ3v) is 4.18. The lowest BCUT2D eigenvalue weighted by Gasteiger charge is -2.03. The van der Waals surface area contributed by atoms with Crippen LogP contribution >= 0.6 is 22.9 Å². The fraction of sp³-hybridized carbons (Fsp3) is 0.214. The summed E-state index contributed by atoms with van der Waals surface area (Å²) in [4.78, 5) is 12.8. The lowest BCUT2D eigenvalue weighted by Crippen LogP contribution is -2.07. The van der Waals surface area contributed by atoms with Crippen molar-refractivity contribution in [2.45, 2.75) is 13.8 Å². The number of esters is 1. The van der Waals surface area contributed by atoms with Gasteiger partial charge < -0.3 is 10.5 Å². The van der Waals surface area contributed by atoms with Crippen LogP contribution in [0, 0.1) is 6.92 Å². The van der Waals surface area contributed by atoms with Crippen LogP contribution in [0.15, 0.2) is 24.3 Å². The maximum atomic E-state index is 11.9. The van der Waals surface area contributed by atoms with E-state index in [2.05, 4.69) is 0 Å². The van der Waals surface area contributed by atoms with Crippen LogP contribution < -0.4 is 5.73 Å². The van der Waals surface area contributed by atoms with E-state index in [-0.39, 0.29) is 5.97 Å². The molecule has 100 valence electrons. The van der Waals surface area contributed by atoms with Crippen LogP contribution in [-0.4, -0.2) is 12.6 Å². The van der Waals surface area contributed by atoms with Gasteiger partial charge in [-0.15, -0.1) is 11.3 Å². The van der Waals surface area contributed by atoms with E-state index in [1.54, 1.807) is 6.92 Å². The zero-order valence-corrected chi connectivity index (χ0v) is 12.3. The Balaban J connectivity index is 2.46. The van der Waals surface area contributed by atoms with Gasteiger partial charge in [-0.05, 0) is 37.1 Å². The van der Waals surface area contributed by atoms with E-state index in [9.17, 15) is 4.79 Å². The van der Waals surface area contributed by atoms with Crippen molar-refractivity contribution in [1.82, 2.24) is 0 Å². The highest BCUT2D eigenvalue weighted by Crippen LogP contribution is 2.38. The lowest BCUT2D eigenvalue weighted by molar-refractivity contribution is 0.0527. The predicted molar refractivity (Wildman–Crippen MR) is 79.9 cm³/mol. The first-order valence-corrected chi connectivity index (χ1v) is 7.06. The summed E-state index contributed by atoms with van der Waals surface area (Å²) in [6.45, 7) is 3.99. The normalized spacial score (nSPS) is 10.5. The highest BCUT2D eigenvalue weighted by molar-refractivity contribution is 7.19. The average molecular weight is 296 g/mol. The molecule has 1 aromatic heterocycles. The van der Waals surface area contributed by atoms with Gasteiger partial charge in [-0.25, -0.2) is 4.79 Å². The summed E-state index contributed by atoms with van der Waals surface area (Å²) in [5, 5.41) is 1.16. The largest absolute Gasteiger partial charge is 0.462 e. The van der Waals surface area contributed by atoms with Gasteiger partial charge in [0.2, 0.25) is 0 Å². The van der Waals surface area contributed by atoms with E-state index >= 15 is 0 Å². The first kappa shape index (κ1) is 13.9. The van der Waals surface area contributed by atoms with Gasteiger partial charge in [-0.1, -0.05) is 23.7 Å². The summed E-state index contributed by atoms with van der Waals surface area (Å²) >= 11 is 7.26. The minimum absolute atomic E-state index is 0.337. The number of nitrogens with two attached hydrogens (primary N) is 1. The summed E-state index contributed by atoms with van der Waals surface area (Å²) < 4.78 is 5.02. The molecule has 5 heteroatoms. The first-order chi connectivity index (χ1) is 9.04. The van der Waals surface area contributed by atoms with Gasteiger partial charge in [0.05, 0.1) is 12.2 Å². The van der Waals surface area contributed by atoms with Crippen molar-refractivity contribution in [2.75, 3.05) is 12.3 Å². The Hall–Kier alpha value is -1.52. The SMILES string of the molecule is CCOC(=O)c1c(N)sc(-c2ccc(Cl)cc2)c1C. The maximum absolute atomic E-state index is 11.9. The molecule has 2 N–H and O–H groups in total. The molecular weight excluding hydrogens is 282 g/mol. The molecule has 0 bridgehead atoms. The van der Waals surface area contributed by atoms with Crippen molar-refractivity contribution < 1.29 is 9.53 Å². The number of rotatable bonds is 3. The molecule has 0 radical (unpaired) electrons. The Labute approximate surface area is 121 Å². The van der Waals surface area contributed by atoms with Crippen LogP contribution in [0.25, 0.3) is 10.4 Å². The molecule has 1 heterocycles. The number of halogens is 1. The standard InChI is InChI=1S/C14H14ClNO2S/c1-3-18-14(17)11-8(2)12(19-13(11)16)9-4-6-10(15)7-5-9/h4-7H,3,16H2,1-2H3. The number of carbonyl (C=O) groups is 1. The van der Waals surface area contributed by atoms with Crippen LogP contribution in [0.4, 0.5) is 5.00 Å². The highest BCUT2D eigenvalue weighted by Gasteiger charge is 2.21. The molecule has 0 amide bonds. The van der Waals surface area contributed by atoms with Crippen LogP contribution in [-0.2, 0) is 4.74 Å². The second-order valence-corrected chi connectivity index (χ2v) is 5.51. The van der Waals surface area contributed by atoms with Crippen LogP contribution in [0.1, 0.15) is 22.8 Å². The Morgan fingerprint density at radius 2 is 2.00 bits per heavy atom. The van der Waals surface area contributed by atoms with Crippen LogP contribution in [0.3, 0.4) is 0 Å². The van der Waals surface area contributed by atoms with E-state index in [1.807, 2.05) is 31.2 Å². The summed E-state index contributed by atoms with van der Waals surface area (Å²) in [7, 11) is 0. The summed E-state index contributed by atoms with van der Waals surface area (Å²) in [6, 6.07) is 7.46. The van der Waals surface area contributed by atoms with Crippen molar-refractivity contribution >= 4 is 33.9 Å². The molecule has 0 fully saturated rings. The van der Waals surface area contributed by atoms with E-state index in [1.165, 1.54) is 11.3 Å². The molecule has 2 rings (SSSR count). The zero-order chi connectivity index (χ0) is 14.0. The van der Waals surface area contributed by atoms with Gasteiger partial charge in [0.15, 0.2) is 0 Å². The molecule has 0 spiro atoms. The summed E-state index contributed by atoms with van der Waals surface area (Å²) in [6.07, 6.45) is 0. The number of carbonyl (C=O) groups excluding carboxylic acids is 1. The number of thiophene rings is 1. The molecule has 1 aromatic carbocycles. The number of anilines is 1. The van der Waals surface area contributed by atoms with Gasteiger partial charge >= 0.3 is 5.97 Å². The van der Waals surface area contributed by atoms with E-state index < -0.39 is 0 Å². The molecule has 0 aliphatic rings. The van der Waals surface area contributed by atoms with Gasteiger partial charge in [0, 0.05) is 9.90 Å². The minimum Gasteiger partial charge on any atom is -0.462 e. The molecule has 0 saturated carbocycles. The van der Waals surface area contributed by atoms with Gasteiger partial charge in [-0.2, -0.15) is 0 Å². The number of benzene rings is 1. The van der Waals surface area contributed by atoms with Crippen LogP contribution in [0.5, 0.6) is 0 Å². The van der Waals surface area contributed by atoms with E-state index in [4.69, 9.17) is 22.1 Å². The fourth-order valence-electron chi connectivity index (χ4n) is 1.87. The average Bonchev–Trinajstić information content (AvgIpc) is 2.66. The molecular formula is C14H14ClNO2S. The molecule has 0 aliphatic carbocycles. The minimum atomic E-state index is -0.367. The highest BCUT2D eigenvalue weighted by atomic mass is 35.5. The number of hydrogen-bond acceptors (Lipinski definition) is 4. The van der Waals surface area contributed by atoms with Crippen LogP contribution in [0.2, 0.25) is 5.02 Å². The van der Waals surface area contributed by atoms with Gasteiger partial charge in [0.25, 0.3) is 0 Å².